The van der Waals surface area contributed by atoms with Gasteiger partial charge in [0.2, 0.25) is 0 Å². The maximum Gasteiger partial charge on any atom is 0.407 e. The number of rotatable bonds is 9. The highest BCUT2D eigenvalue weighted by Crippen LogP contribution is 2.39. The summed E-state index contributed by atoms with van der Waals surface area (Å²) in [6.07, 6.45) is -0.505. The van der Waals surface area contributed by atoms with E-state index in [9.17, 15) is 9.59 Å². The molecule has 1 aromatic heterocycles. The zero-order chi connectivity index (χ0) is 24.6. The Morgan fingerprint density at radius 1 is 1.03 bits per heavy atom. The van der Waals surface area contributed by atoms with Crippen LogP contribution in [0.5, 0.6) is 0 Å². The molecule has 2 aromatic rings. The number of methoxy groups -OCH3 is 1. The molecule has 0 bridgehead atoms. The summed E-state index contributed by atoms with van der Waals surface area (Å²) >= 11 is 18.7. The van der Waals surface area contributed by atoms with Gasteiger partial charge in [-0.15, -0.1) is 0 Å². The highest BCUT2D eigenvalue weighted by molar-refractivity contribution is 6.45. The minimum Gasteiger partial charge on any atom is -0.464 e. The predicted octanol–water partition coefficient (Wildman–Crippen LogP) is 5.45. The quantitative estimate of drug-likeness (QED) is 0.259. The maximum atomic E-state index is 11.9. The number of nitrogens with one attached hydrogen (secondary N) is 2. The van der Waals surface area contributed by atoms with Crippen LogP contribution in [-0.2, 0) is 14.2 Å². The van der Waals surface area contributed by atoms with Gasteiger partial charge in [-0.25, -0.2) is 14.6 Å². The van der Waals surface area contributed by atoms with Crippen LogP contribution in [0.2, 0.25) is 15.1 Å². The van der Waals surface area contributed by atoms with E-state index in [1.807, 2.05) is 0 Å². The van der Waals surface area contributed by atoms with Crippen LogP contribution in [-0.4, -0.2) is 56.1 Å². The fraction of sp³-hybridized carbons (Fsp3) is 0.409. The van der Waals surface area contributed by atoms with E-state index in [4.69, 9.17) is 49.0 Å². The molecule has 0 aliphatic rings. The Kier molecular flexibility index (Phi) is 10.0. The number of nitrogens with zero attached hydrogens (tertiary/aromatic N) is 1. The van der Waals surface area contributed by atoms with Gasteiger partial charge in [0, 0.05) is 29.2 Å². The number of alkyl carbamates (subject to hydrolysis) is 1. The van der Waals surface area contributed by atoms with Crippen LogP contribution < -0.4 is 10.6 Å². The molecule has 0 aliphatic carbocycles. The zero-order valence-corrected chi connectivity index (χ0v) is 21.0. The van der Waals surface area contributed by atoms with Crippen molar-refractivity contribution in [2.75, 3.05) is 38.7 Å². The molecule has 11 heteroatoms. The Labute approximate surface area is 207 Å². The van der Waals surface area contributed by atoms with Crippen LogP contribution in [0.4, 0.5) is 10.6 Å². The summed E-state index contributed by atoms with van der Waals surface area (Å²) in [6.45, 7) is 6.63. The summed E-state index contributed by atoms with van der Waals surface area (Å²) in [5.74, 6) is -0.196. The number of hydrogen-bond donors (Lipinski definition) is 2. The molecule has 1 amide bonds. The highest BCUT2D eigenvalue weighted by Gasteiger charge is 2.17. The number of ether oxygens (including phenoxy) is 3. The lowest BCUT2D eigenvalue weighted by Gasteiger charge is -2.19. The molecule has 2 rings (SSSR count). The number of hydrogen-bond acceptors (Lipinski definition) is 7. The minimum atomic E-state index is -0.579. The van der Waals surface area contributed by atoms with Crippen molar-refractivity contribution < 1.29 is 23.8 Å². The SMILES string of the molecule is COC(=O)c1ccc(-c2cc(Cl)cc(Cl)c2Cl)c(NCCOCCNC(=O)OC(C)(C)C)n1. The van der Waals surface area contributed by atoms with Gasteiger partial charge in [-0.3, -0.25) is 0 Å². The molecule has 0 unspecified atom stereocenters. The van der Waals surface area contributed by atoms with Gasteiger partial charge in [-0.2, -0.15) is 0 Å². The Morgan fingerprint density at radius 2 is 1.73 bits per heavy atom. The number of esters is 1. The van der Waals surface area contributed by atoms with E-state index in [0.29, 0.717) is 58.3 Å². The van der Waals surface area contributed by atoms with Crippen molar-refractivity contribution in [1.82, 2.24) is 10.3 Å². The summed E-state index contributed by atoms with van der Waals surface area (Å²) in [6, 6.07) is 6.41. The average Bonchev–Trinajstić information content (AvgIpc) is 2.73. The number of pyridine rings is 1. The lowest BCUT2D eigenvalue weighted by atomic mass is 10.1. The number of aromatic nitrogens is 1. The van der Waals surface area contributed by atoms with Crippen LogP contribution in [0.25, 0.3) is 11.1 Å². The molecule has 0 saturated heterocycles. The molecule has 0 spiro atoms. The first-order valence-corrected chi connectivity index (χ1v) is 11.2. The van der Waals surface area contributed by atoms with Crippen LogP contribution >= 0.6 is 34.8 Å². The number of carbonyl (C=O) groups excluding carboxylic acids is 2. The molecule has 0 saturated carbocycles. The fourth-order valence-electron chi connectivity index (χ4n) is 2.66. The van der Waals surface area contributed by atoms with E-state index < -0.39 is 17.7 Å². The van der Waals surface area contributed by atoms with Crippen LogP contribution in [0.1, 0.15) is 31.3 Å². The molecule has 8 nitrogen and oxygen atoms in total. The van der Waals surface area contributed by atoms with Crippen molar-refractivity contribution >= 4 is 52.7 Å². The van der Waals surface area contributed by atoms with Gasteiger partial charge in [0.25, 0.3) is 0 Å². The van der Waals surface area contributed by atoms with Gasteiger partial charge in [0.1, 0.15) is 11.4 Å². The number of benzene rings is 1. The third-order valence-electron chi connectivity index (χ3n) is 4.03. The standard InChI is InChI=1S/C22H26Cl3N3O5/c1-22(2,3)33-21(30)27-8-10-32-9-7-26-19-14(5-6-17(28-19)20(29)31-4)15-11-13(23)12-16(24)18(15)25/h5-6,11-12H,7-10H2,1-4H3,(H,26,28)(H,27,30). The molecule has 180 valence electrons. The summed E-state index contributed by atoms with van der Waals surface area (Å²) in [7, 11) is 1.28. The van der Waals surface area contributed by atoms with E-state index in [1.54, 1.807) is 32.9 Å². The smallest absolute Gasteiger partial charge is 0.407 e. The van der Waals surface area contributed by atoms with E-state index in [0.717, 1.165) is 0 Å². The van der Waals surface area contributed by atoms with Gasteiger partial charge in [-0.05, 0) is 45.0 Å². The highest BCUT2D eigenvalue weighted by atomic mass is 35.5. The van der Waals surface area contributed by atoms with Crippen molar-refractivity contribution in [2.45, 2.75) is 26.4 Å². The van der Waals surface area contributed by atoms with Gasteiger partial charge in [-0.1, -0.05) is 34.8 Å². The first-order chi connectivity index (χ1) is 15.5. The predicted molar refractivity (Wildman–Crippen MR) is 130 cm³/mol. The summed E-state index contributed by atoms with van der Waals surface area (Å²) in [4.78, 5) is 27.9. The van der Waals surface area contributed by atoms with Crippen molar-refractivity contribution in [3.05, 3.63) is 45.0 Å². The summed E-state index contributed by atoms with van der Waals surface area (Å²) in [5.41, 5.74) is 0.719. The molecule has 0 radical (unpaired) electrons. The fourth-order valence-corrected chi connectivity index (χ4v) is 3.37. The third-order valence-corrected chi connectivity index (χ3v) is 5.05. The molecule has 0 aliphatic heterocycles. The molecule has 0 atom stereocenters. The van der Waals surface area contributed by atoms with Gasteiger partial charge in [0.05, 0.1) is 30.4 Å². The second-order valence-corrected chi connectivity index (χ2v) is 9.02. The number of halogens is 3. The van der Waals surface area contributed by atoms with Gasteiger partial charge in [0.15, 0.2) is 5.69 Å². The molecule has 1 aromatic carbocycles. The van der Waals surface area contributed by atoms with Crippen LogP contribution in [0.3, 0.4) is 0 Å². The molecular weight excluding hydrogens is 493 g/mol. The van der Waals surface area contributed by atoms with E-state index in [-0.39, 0.29) is 5.69 Å². The number of amides is 1. The minimum absolute atomic E-state index is 0.121. The Bertz CT molecular complexity index is 996. The molecule has 1 heterocycles. The Hall–Kier alpha value is -2.26. The van der Waals surface area contributed by atoms with Crippen molar-refractivity contribution in [2.24, 2.45) is 0 Å². The third kappa shape index (κ3) is 8.55. The van der Waals surface area contributed by atoms with Gasteiger partial charge >= 0.3 is 12.1 Å². The topological polar surface area (TPSA) is 98.8 Å². The second kappa shape index (κ2) is 12.3. The van der Waals surface area contributed by atoms with E-state index >= 15 is 0 Å². The molecule has 2 N–H and O–H groups in total. The van der Waals surface area contributed by atoms with Crippen LogP contribution in [0.15, 0.2) is 24.3 Å². The maximum absolute atomic E-state index is 11.9. The molecule has 0 fully saturated rings. The zero-order valence-electron chi connectivity index (χ0n) is 18.8. The van der Waals surface area contributed by atoms with Crippen molar-refractivity contribution in [3.8, 4) is 11.1 Å². The van der Waals surface area contributed by atoms with Crippen LogP contribution in [0, 0.1) is 0 Å². The molecule has 33 heavy (non-hydrogen) atoms. The summed E-state index contributed by atoms with van der Waals surface area (Å²) in [5, 5.41) is 6.75. The largest absolute Gasteiger partial charge is 0.464 e. The number of carbonyl (C=O) groups is 2. The second-order valence-electron chi connectivity index (χ2n) is 7.80. The van der Waals surface area contributed by atoms with Crippen molar-refractivity contribution in [1.29, 1.82) is 0 Å². The molecular formula is C22H26Cl3N3O5. The van der Waals surface area contributed by atoms with E-state index in [2.05, 4.69) is 15.6 Å². The first-order valence-electron chi connectivity index (χ1n) is 10.0. The van der Waals surface area contributed by atoms with E-state index in [1.165, 1.54) is 19.2 Å². The summed E-state index contributed by atoms with van der Waals surface area (Å²) < 4.78 is 15.4. The monoisotopic (exact) mass is 517 g/mol. The number of anilines is 1. The lowest BCUT2D eigenvalue weighted by molar-refractivity contribution is 0.0501. The van der Waals surface area contributed by atoms with Gasteiger partial charge < -0.3 is 24.8 Å². The lowest BCUT2D eigenvalue weighted by Crippen LogP contribution is -2.34. The first kappa shape index (κ1) is 27.0. The average molecular weight is 519 g/mol. The normalized spacial score (nSPS) is 11.1. The van der Waals surface area contributed by atoms with Crippen molar-refractivity contribution in [3.63, 3.8) is 0 Å². The Balaban J connectivity index is 2.02. The Morgan fingerprint density at radius 3 is 2.39 bits per heavy atom.